The predicted molar refractivity (Wildman–Crippen MR) is 87.0 cm³/mol. The summed E-state index contributed by atoms with van der Waals surface area (Å²) in [5, 5.41) is 4.55. The number of hydrogen-bond donors (Lipinski definition) is 1. The quantitative estimate of drug-likeness (QED) is 0.701. The summed E-state index contributed by atoms with van der Waals surface area (Å²) in [4.78, 5) is 13.6. The molecule has 0 aromatic heterocycles. The third kappa shape index (κ3) is 2.18. The summed E-state index contributed by atoms with van der Waals surface area (Å²) >= 11 is 0. The maximum atomic E-state index is 12.0. The zero-order valence-electron chi connectivity index (χ0n) is 12.0. The normalized spacial score (nSPS) is 15.0. The molecule has 22 heavy (non-hydrogen) atoms. The minimum atomic E-state index is -0.332. The molecule has 1 fully saturated rings. The molecule has 1 heterocycles. The number of ether oxygens (including phenoxy) is 1. The molecule has 0 aliphatic carbocycles. The van der Waals surface area contributed by atoms with Gasteiger partial charge in [-0.2, -0.15) is 0 Å². The molecule has 0 unspecified atom stereocenters. The number of nitrogens with zero attached hydrogens (tertiary/aromatic N) is 1. The zero-order chi connectivity index (χ0) is 15.1. The standard InChI is InChI=1S/C18H16N2O2/c19-14-10-20(11-14)18(21)22-15-8-7-13-6-5-12-3-1-2-4-16(12)17(13)9-15/h1-9,14H,10-11,19H2. The minimum absolute atomic E-state index is 0.0769. The number of amides is 1. The van der Waals surface area contributed by atoms with E-state index >= 15 is 0 Å². The highest BCUT2D eigenvalue weighted by atomic mass is 16.6. The van der Waals surface area contributed by atoms with Crippen molar-refractivity contribution in [1.29, 1.82) is 0 Å². The summed E-state index contributed by atoms with van der Waals surface area (Å²) in [6.45, 7) is 1.13. The summed E-state index contributed by atoms with van der Waals surface area (Å²) in [6.07, 6.45) is -0.332. The molecule has 0 radical (unpaired) electrons. The first kappa shape index (κ1) is 13.1. The second-order valence-corrected chi connectivity index (χ2v) is 5.70. The molecule has 0 saturated carbocycles. The van der Waals surface area contributed by atoms with E-state index in [2.05, 4.69) is 24.3 Å². The lowest BCUT2D eigenvalue weighted by molar-refractivity contribution is 0.113. The van der Waals surface area contributed by atoms with Gasteiger partial charge in [0.1, 0.15) is 5.75 Å². The predicted octanol–water partition coefficient (Wildman–Crippen LogP) is 3.13. The van der Waals surface area contributed by atoms with Gasteiger partial charge in [-0.3, -0.25) is 0 Å². The van der Waals surface area contributed by atoms with E-state index in [0.29, 0.717) is 18.8 Å². The van der Waals surface area contributed by atoms with Gasteiger partial charge in [0.05, 0.1) is 0 Å². The molecule has 4 nitrogen and oxygen atoms in total. The highest BCUT2D eigenvalue weighted by molar-refractivity contribution is 6.07. The fourth-order valence-corrected chi connectivity index (χ4v) is 2.87. The van der Waals surface area contributed by atoms with Gasteiger partial charge in [-0.25, -0.2) is 4.79 Å². The lowest BCUT2D eigenvalue weighted by Gasteiger charge is -2.35. The molecule has 0 atom stereocenters. The minimum Gasteiger partial charge on any atom is -0.410 e. The van der Waals surface area contributed by atoms with Gasteiger partial charge in [-0.15, -0.1) is 0 Å². The molecule has 1 saturated heterocycles. The van der Waals surface area contributed by atoms with Gasteiger partial charge in [-0.1, -0.05) is 42.5 Å². The van der Waals surface area contributed by atoms with Crippen molar-refractivity contribution in [3.05, 3.63) is 54.6 Å². The Balaban J connectivity index is 1.70. The molecule has 3 aromatic carbocycles. The fourth-order valence-electron chi connectivity index (χ4n) is 2.87. The number of benzene rings is 3. The van der Waals surface area contributed by atoms with Gasteiger partial charge in [-0.05, 0) is 33.7 Å². The van der Waals surface area contributed by atoms with Crippen LogP contribution in [0.1, 0.15) is 0 Å². The van der Waals surface area contributed by atoms with E-state index in [4.69, 9.17) is 10.5 Å². The molecule has 4 rings (SSSR count). The maximum absolute atomic E-state index is 12.0. The number of nitrogens with two attached hydrogens (primary N) is 1. The van der Waals surface area contributed by atoms with Gasteiger partial charge < -0.3 is 15.4 Å². The van der Waals surface area contributed by atoms with Crippen molar-refractivity contribution in [2.45, 2.75) is 6.04 Å². The molecule has 0 bridgehead atoms. The van der Waals surface area contributed by atoms with Crippen LogP contribution in [-0.2, 0) is 0 Å². The summed E-state index contributed by atoms with van der Waals surface area (Å²) < 4.78 is 5.46. The van der Waals surface area contributed by atoms with Crippen LogP contribution in [0.25, 0.3) is 21.5 Å². The molecular formula is C18H16N2O2. The van der Waals surface area contributed by atoms with Crippen molar-refractivity contribution < 1.29 is 9.53 Å². The first-order valence-corrected chi connectivity index (χ1v) is 7.34. The second kappa shape index (κ2) is 5.00. The van der Waals surface area contributed by atoms with Crippen LogP contribution in [0.15, 0.2) is 54.6 Å². The van der Waals surface area contributed by atoms with Crippen molar-refractivity contribution in [1.82, 2.24) is 4.90 Å². The van der Waals surface area contributed by atoms with E-state index < -0.39 is 0 Å². The van der Waals surface area contributed by atoms with Gasteiger partial charge in [0, 0.05) is 19.1 Å². The molecule has 1 aliphatic rings. The third-order valence-electron chi connectivity index (χ3n) is 4.09. The van der Waals surface area contributed by atoms with E-state index in [1.165, 1.54) is 5.39 Å². The summed E-state index contributed by atoms with van der Waals surface area (Å²) in [7, 11) is 0. The first-order valence-electron chi connectivity index (χ1n) is 7.34. The number of likely N-dealkylation sites (tertiary alicyclic amines) is 1. The number of hydrogen-bond acceptors (Lipinski definition) is 3. The second-order valence-electron chi connectivity index (χ2n) is 5.70. The van der Waals surface area contributed by atoms with Crippen molar-refractivity contribution in [3.63, 3.8) is 0 Å². The van der Waals surface area contributed by atoms with Crippen LogP contribution in [0.5, 0.6) is 5.75 Å². The van der Waals surface area contributed by atoms with Crippen LogP contribution in [0.3, 0.4) is 0 Å². The van der Waals surface area contributed by atoms with Crippen LogP contribution in [0.2, 0.25) is 0 Å². The summed E-state index contributed by atoms with van der Waals surface area (Å²) in [5.41, 5.74) is 5.69. The van der Waals surface area contributed by atoms with Crippen molar-refractivity contribution in [3.8, 4) is 5.75 Å². The van der Waals surface area contributed by atoms with E-state index in [0.717, 1.165) is 16.2 Å². The smallest absolute Gasteiger partial charge is 0.410 e. The number of carbonyl (C=O) groups excluding carboxylic acids is 1. The molecule has 110 valence electrons. The van der Waals surface area contributed by atoms with Crippen molar-refractivity contribution >= 4 is 27.6 Å². The Bertz CT molecular complexity index is 869. The Labute approximate surface area is 128 Å². The van der Waals surface area contributed by atoms with Crippen LogP contribution in [0.4, 0.5) is 4.79 Å². The summed E-state index contributed by atoms with van der Waals surface area (Å²) in [6, 6.07) is 18.2. The van der Waals surface area contributed by atoms with Gasteiger partial charge >= 0.3 is 6.09 Å². The van der Waals surface area contributed by atoms with Crippen LogP contribution < -0.4 is 10.5 Å². The van der Waals surface area contributed by atoms with Crippen LogP contribution in [0, 0.1) is 0 Å². The van der Waals surface area contributed by atoms with E-state index in [1.54, 1.807) is 4.90 Å². The Morgan fingerprint density at radius 3 is 2.45 bits per heavy atom. The Hall–Kier alpha value is -2.59. The molecule has 4 heteroatoms. The van der Waals surface area contributed by atoms with Gasteiger partial charge in [0.25, 0.3) is 0 Å². The SMILES string of the molecule is NC1CN(C(=O)Oc2ccc3ccc4ccccc4c3c2)C1. The monoisotopic (exact) mass is 292 g/mol. The highest BCUT2D eigenvalue weighted by Gasteiger charge is 2.29. The number of rotatable bonds is 1. The average molecular weight is 292 g/mol. The van der Waals surface area contributed by atoms with Crippen LogP contribution >= 0.6 is 0 Å². The Morgan fingerprint density at radius 2 is 1.68 bits per heavy atom. The lowest BCUT2D eigenvalue weighted by atomic mass is 10.0. The lowest BCUT2D eigenvalue weighted by Crippen LogP contribution is -2.58. The summed E-state index contributed by atoms with van der Waals surface area (Å²) in [5.74, 6) is 0.564. The molecular weight excluding hydrogens is 276 g/mol. The van der Waals surface area contributed by atoms with Gasteiger partial charge in [0.15, 0.2) is 0 Å². The number of fused-ring (bicyclic) bond motifs is 3. The number of carbonyl (C=O) groups is 1. The zero-order valence-corrected chi connectivity index (χ0v) is 12.0. The van der Waals surface area contributed by atoms with E-state index in [-0.39, 0.29) is 12.1 Å². The van der Waals surface area contributed by atoms with Crippen molar-refractivity contribution in [2.24, 2.45) is 5.73 Å². The first-order chi connectivity index (χ1) is 10.7. The molecule has 1 aliphatic heterocycles. The van der Waals surface area contributed by atoms with Gasteiger partial charge in [0.2, 0.25) is 0 Å². The molecule has 0 spiro atoms. The van der Waals surface area contributed by atoms with Crippen molar-refractivity contribution in [2.75, 3.05) is 13.1 Å². The topological polar surface area (TPSA) is 55.6 Å². The third-order valence-corrected chi connectivity index (χ3v) is 4.09. The fraction of sp³-hybridized carbons (Fsp3) is 0.167. The Kier molecular flexibility index (Phi) is 2.98. The molecule has 2 N–H and O–H groups in total. The largest absolute Gasteiger partial charge is 0.415 e. The highest BCUT2D eigenvalue weighted by Crippen LogP contribution is 2.29. The molecule has 3 aromatic rings. The van der Waals surface area contributed by atoms with E-state index in [1.807, 2.05) is 30.3 Å². The Morgan fingerprint density at radius 1 is 1.00 bits per heavy atom. The molecule has 1 amide bonds. The van der Waals surface area contributed by atoms with E-state index in [9.17, 15) is 4.79 Å². The maximum Gasteiger partial charge on any atom is 0.415 e. The van der Waals surface area contributed by atoms with Crippen LogP contribution in [-0.4, -0.2) is 30.1 Å². The average Bonchev–Trinajstić information content (AvgIpc) is 2.51.